The highest BCUT2D eigenvalue weighted by Gasteiger charge is 2.56. The van der Waals surface area contributed by atoms with Crippen molar-refractivity contribution in [2.24, 2.45) is 0 Å². The minimum atomic E-state index is -0.899. The van der Waals surface area contributed by atoms with Crippen molar-refractivity contribution < 1.29 is 18.7 Å². The number of furan rings is 1. The van der Waals surface area contributed by atoms with E-state index in [2.05, 4.69) is 0 Å². The molecule has 0 radical (unpaired) electrons. The first-order valence-corrected chi connectivity index (χ1v) is 9.11. The topological polar surface area (TPSA) is 67.9 Å². The van der Waals surface area contributed by atoms with Crippen LogP contribution >= 0.6 is 0 Å². The fourth-order valence-electron chi connectivity index (χ4n) is 4.35. The van der Waals surface area contributed by atoms with Crippen LogP contribution < -0.4 is 4.74 Å². The summed E-state index contributed by atoms with van der Waals surface area (Å²) in [6, 6.07) is 12.9. The highest BCUT2D eigenvalue weighted by Crippen LogP contribution is 2.43. The first-order valence-electron chi connectivity index (χ1n) is 9.11. The van der Waals surface area contributed by atoms with Crippen molar-refractivity contribution in [2.75, 3.05) is 20.2 Å². The number of hydrogen-bond donors (Lipinski definition) is 0. The Morgan fingerprint density at radius 3 is 2.68 bits per heavy atom. The molecule has 0 N–H and O–H groups in total. The summed E-state index contributed by atoms with van der Waals surface area (Å²) in [5.74, 6) is 0.492. The van der Waals surface area contributed by atoms with E-state index in [9.17, 15) is 9.59 Å². The normalized spacial score (nSPS) is 20.8. The van der Waals surface area contributed by atoms with E-state index in [0.29, 0.717) is 30.9 Å². The van der Waals surface area contributed by atoms with E-state index < -0.39 is 5.66 Å². The van der Waals surface area contributed by atoms with Gasteiger partial charge >= 0.3 is 0 Å². The minimum absolute atomic E-state index is 0.0745. The van der Waals surface area contributed by atoms with E-state index in [0.717, 1.165) is 11.3 Å². The third kappa shape index (κ3) is 2.16. The molecule has 1 aromatic carbocycles. The van der Waals surface area contributed by atoms with Crippen molar-refractivity contribution >= 4 is 11.8 Å². The van der Waals surface area contributed by atoms with Gasteiger partial charge < -0.3 is 23.5 Å². The van der Waals surface area contributed by atoms with Gasteiger partial charge in [-0.3, -0.25) is 9.59 Å². The van der Waals surface area contributed by atoms with Crippen LogP contribution in [-0.4, -0.2) is 46.4 Å². The quantitative estimate of drug-likeness (QED) is 0.704. The molecule has 2 aromatic heterocycles. The van der Waals surface area contributed by atoms with E-state index in [1.54, 1.807) is 18.1 Å². The second kappa shape index (κ2) is 6.02. The van der Waals surface area contributed by atoms with E-state index >= 15 is 0 Å². The van der Waals surface area contributed by atoms with Crippen molar-refractivity contribution in [3.63, 3.8) is 0 Å². The molecule has 3 aromatic rings. The Hall–Kier alpha value is -3.48. The number of hydrogen-bond acceptors (Lipinski definition) is 4. The molecule has 5 rings (SSSR count). The van der Waals surface area contributed by atoms with Crippen LogP contribution in [0.3, 0.4) is 0 Å². The van der Waals surface area contributed by atoms with Gasteiger partial charge in [0, 0.05) is 24.8 Å². The van der Waals surface area contributed by atoms with Crippen LogP contribution in [0.4, 0.5) is 0 Å². The summed E-state index contributed by atoms with van der Waals surface area (Å²) < 4.78 is 12.3. The van der Waals surface area contributed by atoms with E-state index in [1.165, 1.54) is 12.5 Å². The molecular formula is C21H19N3O4. The average molecular weight is 377 g/mol. The number of rotatable bonds is 3. The molecule has 0 aliphatic carbocycles. The molecule has 2 amide bonds. The minimum Gasteiger partial charge on any atom is -0.497 e. The molecule has 4 heterocycles. The Bertz CT molecular complexity index is 1040. The van der Waals surface area contributed by atoms with Crippen molar-refractivity contribution in [1.82, 2.24) is 14.4 Å². The number of carbonyl (C=O) groups excluding carboxylic acids is 2. The molecular weight excluding hydrogens is 358 g/mol. The van der Waals surface area contributed by atoms with Gasteiger partial charge in [0.25, 0.3) is 11.8 Å². The number of fused-ring (bicyclic) bond motifs is 2. The standard InChI is InChI=1S/C21H19N3O4/c1-27-17-6-4-16(5-7-17)21-14-22-9-2-3-18(22)20(26)24(21)11-10-23(21)19(25)15-8-12-28-13-15/h2-9,12-13H,10-11,14H2,1H3. The molecule has 1 saturated heterocycles. The van der Waals surface area contributed by atoms with E-state index in [1.807, 2.05) is 52.1 Å². The molecule has 1 fully saturated rings. The van der Waals surface area contributed by atoms with E-state index in [4.69, 9.17) is 9.15 Å². The highest BCUT2D eigenvalue weighted by atomic mass is 16.5. The maximum Gasteiger partial charge on any atom is 0.272 e. The zero-order valence-electron chi connectivity index (χ0n) is 15.4. The molecule has 0 bridgehead atoms. The molecule has 142 valence electrons. The summed E-state index contributed by atoms with van der Waals surface area (Å²) in [6.45, 7) is 1.39. The Kier molecular flexibility index (Phi) is 3.58. The molecule has 2 aliphatic heterocycles. The first kappa shape index (κ1) is 16.7. The van der Waals surface area contributed by atoms with Crippen molar-refractivity contribution in [3.05, 3.63) is 78.0 Å². The number of benzene rings is 1. The van der Waals surface area contributed by atoms with Gasteiger partial charge in [-0.1, -0.05) is 12.1 Å². The van der Waals surface area contributed by atoms with Gasteiger partial charge in [-0.25, -0.2) is 0 Å². The number of ether oxygens (including phenoxy) is 1. The zero-order valence-corrected chi connectivity index (χ0v) is 15.4. The van der Waals surface area contributed by atoms with E-state index in [-0.39, 0.29) is 11.8 Å². The van der Waals surface area contributed by atoms with Gasteiger partial charge in [-0.2, -0.15) is 0 Å². The van der Waals surface area contributed by atoms with Crippen LogP contribution in [0.25, 0.3) is 0 Å². The molecule has 7 nitrogen and oxygen atoms in total. The summed E-state index contributed by atoms with van der Waals surface area (Å²) in [7, 11) is 1.61. The summed E-state index contributed by atoms with van der Waals surface area (Å²) in [6.07, 6.45) is 4.81. The van der Waals surface area contributed by atoms with Crippen LogP contribution in [0.1, 0.15) is 26.4 Å². The fraction of sp³-hybridized carbons (Fsp3) is 0.238. The van der Waals surface area contributed by atoms with Gasteiger partial charge in [0.15, 0.2) is 5.66 Å². The highest BCUT2D eigenvalue weighted by molar-refractivity contribution is 5.98. The average Bonchev–Trinajstić information content (AvgIpc) is 3.47. The van der Waals surface area contributed by atoms with Gasteiger partial charge in [-0.05, 0) is 30.3 Å². The fourth-order valence-corrected chi connectivity index (χ4v) is 4.35. The number of nitrogens with zero attached hydrogens (tertiary/aromatic N) is 3. The lowest BCUT2D eigenvalue weighted by Gasteiger charge is -2.47. The summed E-state index contributed by atoms with van der Waals surface area (Å²) in [5, 5.41) is 0. The number of methoxy groups -OCH3 is 1. The van der Waals surface area contributed by atoms with Crippen LogP contribution in [0.2, 0.25) is 0 Å². The van der Waals surface area contributed by atoms with Gasteiger partial charge in [0.2, 0.25) is 0 Å². The van der Waals surface area contributed by atoms with Gasteiger partial charge in [0.1, 0.15) is 17.7 Å². The maximum absolute atomic E-state index is 13.3. The van der Waals surface area contributed by atoms with Crippen LogP contribution in [0, 0.1) is 0 Å². The second-order valence-electron chi connectivity index (χ2n) is 6.99. The molecule has 1 unspecified atom stereocenters. The lowest BCUT2D eigenvalue weighted by atomic mass is 9.93. The number of amides is 2. The third-order valence-electron chi connectivity index (χ3n) is 5.69. The van der Waals surface area contributed by atoms with Crippen LogP contribution in [0.15, 0.2) is 65.6 Å². The Labute approximate surface area is 161 Å². The molecule has 2 aliphatic rings. The summed E-state index contributed by atoms with van der Waals surface area (Å²) in [4.78, 5) is 30.1. The largest absolute Gasteiger partial charge is 0.497 e. The van der Waals surface area contributed by atoms with Crippen LogP contribution in [-0.2, 0) is 12.2 Å². The Morgan fingerprint density at radius 2 is 1.96 bits per heavy atom. The third-order valence-corrected chi connectivity index (χ3v) is 5.69. The maximum atomic E-state index is 13.3. The van der Waals surface area contributed by atoms with Crippen LogP contribution in [0.5, 0.6) is 5.75 Å². The molecule has 1 atom stereocenters. The number of carbonyl (C=O) groups is 2. The van der Waals surface area contributed by atoms with Gasteiger partial charge in [-0.15, -0.1) is 0 Å². The predicted octanol–water partition coefficient (Wildman–Crippen LogP) is 2.55. The lowest BCUT2D eigenvalue weighted by Crippen LogP contribution is -2.59. The second-order valence-corrected chi connectivity index (χ2v) is 6.99. The summed E-state index contributed by atoms with van der Waals surface area (Å²) in [5.41, 5.74) is 1.08. The smallest absolute Gasteiger partial charge is 0.272 e. The SMILES string of the molecule is COc1ccc(C23Cn4cccc4C(=O)N2CCN3C(=O)c2ccoc2)cc1. The molecule has 0 spiro atoms. The Balaban J connectivity index is 1.68. The Morgan fingerprint density at radius 1 is 1.14 bits per heavy atom. The van der Waals surface area contributed by atoms with Crippen molar-refractivity contribution in [2.45, 2.75) is 12.2 Å². The van der Waals surface area contributed by atoms with Crippen molar-refractivity contribution in [1.29, 1.82) is 0 Å². The van der Waals surface area contributed by atoms with Gasteiger partial charge in [0.05, 0.1) is 25.5 Å². The monoisotopic (exact) mass is 377 g/mol. The molecule has 0 saturated carbocycles. The first-order chi connectivity index (χ1) is 13.6. The lowest BCUT2D eigenvalue weighted by molar-refractivity contribution is -0.00595. The summed E-state index contributed by atoms with van der Waals surface area (Å²) >= 11 is 0. The van der Waals surface area contributed by atoms with Crippen molar-refractivity contribution in [3.8, 4) is 5.75 Å². The number of aromatic nitrogens is 1. The zero-order chi connectivity index (χ0) is 19.3. The molecule has 28 heavy (non-hydrogen) atoms. The predicted molar refractivity (Wildman–Crippen MR) is 99.9 cm³/mol. The molecule has 7 heteroatoms.